The van der Waals surface area contributed by atoms with E-state index in [4.69, 9.17) is 9.26 Å². The van der Waals surface area contributed by atoms with E-state index in [1.807, 2.05) is 29.2 Å². The molecule has 0 N–H and O–H groups in total. The molecule has 1 saturated carbocycles. The molecule has 25 heavy (non-hydrogen) atoms. The molecule has 1 aliphatic heterocycles. The summed E-state index contributed by atoms with van der Waals surface area (Å²) >= 11 is 0. The smallest absolute Gasteiger partial charge is 0.257 e. The van der Waals surface area contributed by atoms with Crippen LogP contribution in [-0.4, -0.2) is 59.1 Å². The lowest BCUT2D eigenvalue weighted by Gasteiger charge is -2.34. The molecule has 1 aliphatic carbocycles. The number of hydrogen-bond donors (Lipinski definition) is 0. The molecule has 132 valence electrons. The third-order valence-corrected chi connectivity index (χ3v) is 4.78. The number of piperazine rings is 1. The Labute approximate surface area is 146 Å². The fourth-order valence-corrected chi connectivity index (χ4v) is 3.13. The quantitative estimate of drug-likeness (QED) is 0.827. The van der Waals surface area contributed by atoms with Crippen LogP contribution in [0.25, 0.3) is 0 Å². The minimum Gasteiger partial charge on any atom is -0.496 e. The van der Waals surface area contributed by atoms with E-state index < -0.39 is 0 Å². The molecule has 1 aromatic carbocycles. The van der Waals surface area contributed by atoms with Crippen molar-refractivity contribution in [1.82, 2.24) is 19.9 Å². The monoisotopic (exact) mass is 342 g/mol. The lowest BCUT2D eigenvalue weighted by molar-refractivity contribution is 0.0612. The Bertz CT molecular complexity index is 748. The molecule has 0 atom stereocenters. The van der Waals surface area contributed by atoms with E-state index >= 15 is 0 Å². The van der Waals surface area contributed by atoms with Gasteiger partial charge in [-0.25, -0.2) is 0 Å². The van der Waals surface area contributed by atoms with Crippen molar-refractivity contribution in [2.75, 3.05) is 33.3 Å². The molecule has 0 radical (unpaired) electrons. The van der Waals surface area contributed by atoms with Crippen molar-refractivity contribution >= 4 is 5.91 Å². The van der Waals surface area contributed by atoms with Gasteiger partial charge in [-0.05, 0) is 25.0 Å². The molecule has 1 aromatic heterocycles. The minimum absolute atomic E-state index is 0.0194. The van der Waals surface area contributed by atoms with Crippen LogP contribution in [0.5, 0.6) is 5.75 Å². The Morgan fingerprint density at radius 3 is 2.72 bits per heavy atom. The van der Waals surface area contributed by atoms with Crippen LogP contribution in [0.3, 0.4) is 0 Å². The second-order valence-electron chi connectivity index (χ2n) is 6.59. The third kappa shape index (κ3) is 3.51. The summed E-state index contributed by atoms with van der Waals surface area (Å²) in [5.41, 5.74) is 0.615. The maximum Gasteiger partial charge on any atom is 0.257 e. The summed E-state index contributed by atoms with van der Waals surface area (Å²) in [6, 6.07) is 7.36. The Kier molecular flexibility index (Phi) is 4.40. The number of rotatable bonds is 5. The van der Waals surface area contributed by atoms with E-state index in [1.54, 1.807) is 7.11 Å². The molecule has 1 saturated heterocycles. The van der Waals surface area contributed by atoms with Crippen LogP contribution in [-0.2, 0) is 6.54 Å². The minimum atomic E-state index is 0.0194. The van der Waals surface area contributed by atoms with Gasteiger partial charge in [0.05, 0.1) is 19.2 Å². The number of carbonyl (C=O) groups is 1. The summed E-state index contributed by atoms with van der Waals surface area (Å²) in [5, 5.41) is 4.05. The molecule has 2 aromatic rings. The van der Waals surface area contributed by atoms with Crippen LogP contribution in [0.4, 0.5) is 0 Å². The van der Waals surface area contributed by atoms with Crippen molar-refractivity contribution in [1.29, 1.82) is 0 Å². The van der Waals surface area contributed by atoms with Gasteiger partial charge < -0.3 is 14.2 Å². The van der Waals surface area contributed by atoms with Gasteiger partial charge in [0.1, 0.15) is 5.75 Å². The summed E-state index contributed by atoms with van der Waals surface area (Å²) in [4.78, 5) is 21.3. The highest BCUT2D eigenvalue weighted by Gasteiger charge is 2.29. The molecule has 0 bridgehead atoms. The van der Waals surface area contributed by atoms with Crippen molar-refractivity contribution in [2.24, 2.45) is 0 Å². The van der Waals surface area contributed by atoms with E-state index in [9.17, 15) is 4.79 Å². The molecule has 7 nitrogen and oxygen atoms in total. The van der Waals surface area contributed by atoms with Gasteiger partial charge in [-0.15, -0.1) is 0 Å². The van der Waals surface area contributed by atoms with Crippen molar-refractivity contribution in [3.8, 4) is 5.75 Å². The lowest BCUT2D eigenvalue weighted by Crippen LogP contribution is -2.48. The van der Waals surface area contributed by atoms with Crippen LogP contribution >= 0.6 is 0 Å². The fourth-order valence-electron chi connectivity index (χ4n) is 3.13. The van der Waals surface area contributed by atoms with Crippen molar-refractivity contribution < 1.29 is 14.1 Å². The molecule has 0 spiro atoms. The van der Waals surface area contributed by atoms with E-state index in [1.165, 1.54) is 12.8 Å². The van der Waals surface area contributed by atoms with E-state index in [0.717, 1.165) is 18.9 Å². The largest absolute Gasteiger partial charge is 0.496 e. The number of hydrogen-bond acceptors (Lipinski definition) is 6. The maximum atomic E-state index is 12.7. The molecule has 2 fully saturated rings. The summed E-state index contributed by atoms with van der Waals surface area (Å²) in [7, 11) is 1.59. The van der Waals surface area contributed by atoms with Crippen LogP contribution in [0.2, 0.25) is 0 Å². The van der Waals surface area contributed by atoms with E-state index in [2.05, 4.69) is 15.0 Å². The van der Waals surface area contributed by atoms with Gasteiger partial charge in [0.15, 0.2) is 5.82 Å². The third-order valence-electron chi connectivity index (χ3n) is 4.78. The number of nitrogens with zero attached hydrogens (tertiary/aromatic N) is 4. The predicted molar refractivity (Wildman–Crippen MR) is 90.4 cm³/mol. The Balaban J connectivity index is 1.33. The van der Waals surface area contributed by atoms with Gasteiger partial charge in [-0.3, -0.25) is 9.69 Å². The lowest BCUT2D eigenvalue weighted by atomic mass is 10.1. The van der Waals surface area contributed by atoms with Crippen LogP contribution in [0.15, 0.2) is 28.8 Å². The van der Waals surface area contributed by atoms with Gasteiger partial charge in [0.25, 0.3) is 5.91 Å². The van der Waals surface area contributed by atoms with Crippen LogP contribution < -0.4 is 4.74 Å². The van der Waals surface area contributed by atoms with Gasteiger partial charge in [0.2, 0.25) is 5.89 Å². The Hall–Kier alpha value is -2.41. The molecule has 2 aliphatic rings. The first kappa shape index (κ1) is 16.1. The standard InChI is InChI=1S/C18H22N4O3/c1-24-15-5-3-2-4-14(15)18(23)22-10-8-21(9-11-22)12-16-19-17(20-25-16)13-6-7-13/h2-5,13H,6-12H2,1H3. The summed E-state index contributed by atoms with van der Waals surface area (Å²) < 4.78 is 10.6. The van der Waals surface area contributed by atoms with Gasteiger partial charge in [-0.1, -0.05) is 17.3 Å². The molecular formula is C18H22N4O3. The second kappa shape index (κ2) is 6.84. The van der Waals surface area contributed by atoms with Crippen molar-refractivity contribution in [2.45, 2.75) is 25.3 Å². The zero-order valence-corrected chi connectivity index (χ0v) is 14.4. The Morgan fingerprint density at radius 1 is 1.24 bits per heavy atom. The summed E-state index contributed by atoms with van der Waals surface area (Å²) in [6.45, 7) is 3.60. The van der Waals surface area contributed by atoms with E-state index in [0.29, 0.717) is 42.8 Å². The highest BCUT2D eigenvalue weighted by atomic mass is 16.5. The summed E-state index contributed by atoms with van der Waals surface area (Å²) in [5.74, 6) is 2.67. The topological polar surface area (TPSA) is 71.7 Å². The molecule has 1 amide bonds. The average Bonchev–Trinajstić information content (AvgIpc) is 3.41. The van der Waals surface area contributed by atoms with Crippen molar-refractivity contribution in [3.63, 3.8) is 0 Å². The first-order valence-electron chi connectivity index (χ1n) is 8.71. The molecular weight excluding hydrogens is 320 g/mol. The number of amides is 1. The van der Waals surface area contributed by atoms with Crippen LogP contribution in [0, 0.1) is 0 Å². The number of benzene rings is 1. The predicted octanol–water partition coefficient (Wildman–Crippen LogP) is 1.91. The Morgan fingerprint density at radius 2 is 2.00 bits per heavy atom. The van der Waals surface area contributed by atoms with E-state index in [-0.39, 0.29) is 5.91 Å². The molecule has 2 heterocycles. The maximum absolute atomic E-state index is 12.7. The number of carbonyl (C=O) groups excluding carboxylic acids is 1. The molecule has 7 heteroatoms. The zero-order valence-electron chi connectivity index (χ0n) is 14.4. The fraction of sp³-hybridized carbons (Fsp3) is 0.500. The molecule has 4 rings (SSSR count). The van der Waals surface area contributed by atoms with Gasteiger partial charge >= 0.3 is 0 Å². The first-order valence-corrected chi connectivity index (χ1v) is 8.71. The highest BCUT2D eigenvalue weighted by Crippen LogP contribution is 2.38. The first-order chi connectivity index (χ1) is 12.2. The normalized spacial score (nSPS) is 18.4. The average molecular weight is 342 g/mol. The molecule has 0 unspecified atom stereocenters. The number of methoxy groups -OCH3 is 1. The zero-order chi connectivity index (χ0) is 17.2. The van der Waals surface area contributed by atoms with Gasteiger partial charge in [-0.2, -0.15) is 4.98 Å². The number of aromatic nitrogens is 2. The number of ether oxygens (including phenoxy) is 1. The number of para-hydroxylation sites is 1. The van der Waals surface area contributed by atoms with Crippen LogP contribution in [0.1, 0.15) is 40.8 Å². The van der Waals surface area contributed by atoms with Crippen molar-refractivity contribution in [3.05, 3.63) is 41.5 Å². The summed E-state index contributed by atoms with van der Waals surface area (Å²) in [6.07, 6.45) is 2.34. The van der Waals surface area contributed by atoms with Gasteiger partial charge in [0, 0.05) is 32.1 Å². The highest BCUT2D eigenvalue weighted by molar-refractivity contribution is 5.97. The second-order valence-corrected chi connectivity index (χ2v) is 6.59. The SMILES string of the molecule is COc1ccccc1C(=O)N1CCN(Cc2nc(C3CC3)no2)CC1.